The van der Waals surface area contributed by atoms with Crippen molar-refractivity contribution >= 4 is 33.8 Å². The van der Waals surface area contributed by atoms with Crippen LogP contribution in [0.3, 0.4) is 0 Å². The van der Waals surface area contributed by atoms with Crippen molar-refractivity contribution in [2.45, 2.75) is 17.5 Å². The summed E-state index contributed by atoms with van der Waals surface area (Å²) >= 11 is 2.45. The zero-order chi connectivity index (χ0) is 13.9. The monoisotopic (exact) mass is 295 g/mol. The Morgan fingerprint density at radius 2 is 2.11 bits per heavy atom. The first-order valence-corrected chi connectivity index (χ1v) is 6.98. The maximum absolute atomic E-state index is 12.2. The Kier molecular flexibility index (Phi) is 4.76. The van der Waals surface area contributed by atoms with Gasteiger partial charge in [0.2, 0.25) is 0 Å². The Morgan fingerprint density at radius 3 is 2.56 bits per heavy atom. The highest BCUT2D eigenvalue weighted by Crippen LogP contribution is 2.43. The van der Waals surface area contributed by atoms with Crippen molar-refractivity contribution in [3.05, 3.63) is 4.88 Å². The number of halogens is 3. The third-order valence-electron chi connectivity index (χ3n) is 2.27. The van der Waals surface area contributed by atoms with Crippen molar-refractivity contribution in [1.29, 1.82) is 5.26 Å². The summed E-state index contributed by atoms with van der Waals surface area (Å²) in [4.78, 5) is 2.50. The molecular formula is C10H12F3N3S2. The minimum absolute atomic E-state index is 0.151. The molecule has 0 aliphatic rings. The highest BCUT2D eigenvalue weighted by Gasteiger charge is 2.28. The van der Waals surface area contributed by atoms with Crippen LogP contribution in [-0.2, 0) is 0 Å². The van der Waals surface area contributed by atoms with E-state index < -0.39 is 12.6 Å². The number of nitrogens with zero attached hydrogens (tertiary/aromatic N) is 2. The molecule has 0 fully saturated rings. The zero-order valence-electron chi connectivity index (χ0n) is 9.84. The fraction of sp³-hybridized carbons (Fsp3) is 0.500. The van der Waals surface area contributed by atoms with Crippen LogP contribution in [0.15, 0.2) is 4.90 Å². The molecule has 0 aliphatic heterocycles. The molecule has 8 heteroatoms. The van der Waals surface area contributed by atoms with E-state index in [1.54, 1.807) is 13.3 Å². The summed E-state index contributed by atoms with van der Waals surface area (Å²) in [5.74, 6) is 0. The Balaban J connectivity index is 2.92. The summed E-state index contributed by atoms with van der Waals surface area (Å²) in [7, 11) is 1.57. The first kappa shape index (κ1) is 15.0. The van der Waals surface area contributed by atoms with Gasteiger partial charge >= 0.3 is 6.18 Å². The summed E-state index contributed by atoms with van der Waals surface area (Å²) in [6.45, 7) is -0.151. The van der Waals surface area contributed by atoms with E-state index in [9.17, 15) is 13.2 Å². The van der Waals surface area contributed by atoms with Gasteiger partial charge in [-0.15, -0.1) is 23.1 Å². The second-order valence-electron chi connectivity index (χ2n) is 3.58. The van der Waals surface area contributed by atoms with E-state index >= 15 is 0 Å². The highest BCUT2D eigenvalue weighted by atomic mass is 32.2. The molecular weight excluding hydrogens is 283 g/mol. The minimum Gasteiger partial charge on any atom is -0.396 e. The van der Waals surface area contributed by atoms with Crippen LogP contribution in [0.5, 0.6) is 0 Å². The highest BCUT2D eigenvalue weighted by molar-refractivity contribution is 7.99. The van der Waals surface area contributed by atoms with Crippen LogP contribution in [-0.4, -0.2) is 26.0 Å². The van der Waals surface area contributed by atoms with Gasteiger partial charge in [-0.25, -0.2) is 0 Å². The van der Waals surface area contributed by atoms with Gasteiger partial charge in [-0.2, -0.15) is 18.4 Å². The number of rotatable bonds is 4. The average molecular weight is 295 g/mol. The van der Waals surface area contributed by atoms with Crippen molar-refractivity contribution in [2.75, 3.05) is 30.5 Å². The fourth-order valence-electron chi connectivity index (χ4n) is 1.34. The second kappa shape index (κ2) is 5.71. The fourth-order valence-corrected chi connectivity index (χ4v) is 3.34. The number of nitrogens with two attached hydrogens (primary N) is 1. The van der Waals surface area contributed by atoms with Gasteiger partial charge in [0.1, 0.15) is 15.9 Å². The summed E-state index contributed by atoms with van der Waals surface area (Å²) in [6, 6.07) is 1.95. The van der Waals surface area contributed by atoms with E-state index in [0.717, 1.165) is 11.3 Å². The molecule has 1 aromatic heterocycles. The molecule has 0 bridgehead atoms. The standard InChI is InChI=1S/C10H12F3N3S2/c1-16(4-3-10(11,12)13)9-8(17-2)7(15)6(5-14)18-9/h3-4,15H2,1-2H3. The molecule has 0 aromatic carbocycles. The van der Waals surface area contributed by atoms with Gasteiger partial charge in [0.25, 0.3) is 0 Å². The minimum atomic E-state index is -4.19. The molecule has 0 spiro atoms. The number of thiophene rings is 1. The summed E-state index contributed by atoms with van der Waals surface area (Å²) < 4.78 is 36.5. The molecule has 1 heterocycles. The number of hydrogen-bond donors (Lipinski definition) is 1. The van der Waals surface area contributed by atoms with Crippen LogP contribution in [0.25, 0.3) is 0 Å². The van der Waals surface area contributed by atoms with Gasteiger partial charge in [0, 0.05) is 13.6 Å². The van der Waals surface area contributed by atoms with E-state index in [4.69, 9.17) is 11.0 Å². The summed E-state index contributed by atoms with van der Waals surface area (Å²) in [5, 5.41) is 9.48. The topological polar surface area (TPSA) is 53.0 Å². The third kappa shape index (κ3) is 3.46. The smallest absolute Gasteiger partial charge is 0.390 e. The molecule has 1 aromatic rings. The van der Waals surface area contributed by atoms with E-state index in [0.29, 0.717) is 20.5 Å². The van der Waals surface area contributed by atoms with Crippen molar-refractivity contribution in [1.82, 2.24) is 0 Å². The molecule has 18 heavy (non-hydrogen) atoms. The van der Waals surface area contributed by atoms with E-state index in [2.05, 4.69) is 0 Å². The Bertz CT molecular complexity index is 462. The van der Waals surface area contributed by atoms with Gasteiger partial charge in [-0.05, 0) is 6.26 Å². The predicted octanol–water partition coefficient (Wildman–Crippen LogP) is 3.31. The number of nitrogen functional groups attached to an aromatic ring is 1. The van der Waals surface area contributed by atoms with Crippen LogP contribution in [0, 0.1) is 11.3 Å². The van der Waals surface area contributed by atoms with Gasteiger partial charge in [0.05, 0.1) is 17.0 Å². The number of thioether (sulfide) groups is 1. The maximum atomic E-state index is 12.2. The Hall–Kier alpha value is -1.07. The van der Waals surface area contributed by atoms with Gasteiger partial charge in [-0.3, -0.25) is 0 Å². The van der Waals surface area contributed by atoms with Crippen LogP contribution in [0.1, 0.15) is 11.3 Å². The molecule has 0 amide bonds. The number of hydrogen-bond acceptors (Lipinski definition) is 5. The molecule has 1 rings (SSSR count). The van der Waals surface area contributed by atoms with Crippen molar-refractivity contribution in [2.24, 2.45) is 0 Å². The van der Waals surface area contributed by atoms with Gasteiger partial charge in [-0.1, -0.05) is 0 Å². The van der Waals surface area contributed by atoms with Crippen molar-refractivity contribution in [3.8, 4) is 6.07 Å². The summed E-state index contributed by atoms with van der Waals surface area (Å²) in [6.07, 6.45) is -3.30. The molecule has 0 unspecified atom stereocenters. The van der Waals surface area contributed by atoms with Crippen LogP contribution >= 0.6 is 23.1 Å². The van der Waals surface area contributed by atoms with Crippen LogP contribution < -0.4 is 10.6 Å². The lowest BCUT2D eigenvalue weighted by Crippen LogP contribution is -2.23. The maximum Gasteiger partial charge on any atom is 0.390 e. The quantitative estimate of drug-likeness (QED) is 0.866. The normalized spacial score (nSPS) is 11.3. The number of nitriles is 1. The lowest BCUT2D eigenvalue weighted by atomic mass is 10.3. The lowest BCUT2D eigenvalue weighted by molar-refractivity contribution is -0.132. The van der Waals surface area contributed by atoms with Gasteiger partial charge in [0.15, 0.2) is 0 Å². The molecule has 3 nitrogen and oxygen atoms in total. The molecule has 100 valence electrons. The van der Waals surface area contributed by atoms with Crippen molar-refractivity contribution in [3.63, 3.8) is 0 Å². The predicted molar refractivity (Wildman–Crippen MR) is 69.2 cm³/mol. The number of alkyl halides is 3. The Labute approximate surface area is 111 Å². The molecule has 2 N–H and O–H groups in total. The average Bonchev–Trinajstić information content (AvgIpc) is 2.61. The van der Waals surface area contributed by atoms with E-state index in [-0.39, 0.29) is 6.54 Å². The molecule has 0 saturated heterocycles. The number of anilines is 2. The van der Waals surface area contributed by atoms with E-state index in [1.165, 1.54) is 16.7 Å². The third-order valence-corrected chi connectivity index (χ3v) is 4.44. The molecule has 0 aliphatic carbocycles. The first-order valence-electron chi connectivity index (χ1n) is 4.94. The largest absolute Gasteiger partial charge is 0.396 e. The first-order chi connectivity index (χ1) is 8.30. The SMILES string of the molecule is CSc1c(N(C)CCC(F)(F)F)sc(C#N)c1N. The molecule has 0 saturated carbocycles. The summed E-state index contributed by atoms with van der Waals surface area (Å²) in [5.41, 5.74) is 6.11. The molecule has 0 radical (unpaired) electrons. The lowest BCUT2D eigenvalue weighted by Gasteiger charge is -2.19. The zero-order valence-corrected chi connectivity index (χ0v) is 11.5. The van der Waals surface area contributed by atoms with E-state index in [1.807, 2.05) is 6.07 Å². The van der Waals surface area contributed by atoms with Crippen molar-refractivity contribution < 1.29 is 13.2 Å². The van der Waals surface area contributed by atoms with Crippen LogP contribution in [0.4, 0.5) is 23.9 Å². The van der Waals surface area contributed by atoms with Crippen LogP contribution in [0.2, 0.25) is 0 Å². The second-order valence-corrected chi connectivity index (χ2v) is 5.40. The van der Waals surface area contributed by atoms with Gasteiger partial charge < -0.3 is 10.6 Å². The Morgan fingerprint density at radius 1 is 1.50 bits per heavy atom. The molecule has 0 atom stereocenters.